The average molecular weight is 1500 g/mol. The molecule has 17 rings (SSSR count). The third kappa shape index (κ3) is 10.9. The number of imidazole rings is 1. The molecule has 8 heteroatoms. The molecule has 0 atom stereocenters. The number of aromatic nitrogens is 4. The largest absolute Gasteiger partial charge is 0.510 e. The second-order valence-electron chi connectivity index (χ2n) is 27.6. The molecule has 3 aromatic heterocycles. The standard InChI is InChI=1S/C92H72N4OSi2.Pt/c1-91(2)57-58-92(3,4)84-64-93-89(63-83(84)91)96-85-52-24-23-49-81(85)82-56-55-70(62-88(82)96)97-69-34-29-33-68(61-69)94-65-95(87-54-26-25-53-86(87)94)90-79(66-31-27-47-77(59-66)98(71-35-11-5-12-36-71,72-37-13-6-14-38-72)73-39-15-7-16-40-73)50-30-51-80(90)67-32-28-48-78(60-67)99(74-41-17-8-18-42-74,75-43-19-9-20-44-75)76-45-21-10-22-46-76;/h5-56,59-60,63-64H,57-58H2,1-4H3;/q-2;. The molecule has 1 aliphatic carbocycles. The summed E-state index contributed by atoms with van der Waals surface area (Å²) in [6, 6.07) is 130. The molecule has 13 aromatic carbocycles. The number of nitrogens with zero attached hydrogens (tertiary/aromatic N) is 4. The molecular weight excluding hydrogens is 1430 g/mol. The molecule has 0 radical (unpaired) electrons. The van der Waals surface area contributed by atoms with Gasteiger partial charge < -0.3 is 13.9 Å². The van der Waals surface area contributed by atoms with Crippen molar-refractivity contribution in [2.24, 2.45) is 0 Å². The van der Waals surface area contributed by atoms with Gasteiger partial charge in [-0.2, -0.15) is 18.2 Å². The van der Waals surface area contributed by atoms with Crippen molar-refractivity contribution < 1.29 is 30.4 Å². The maximum Gasteiger partial charge on any atom is 0.268 e. The number of ether oxygens (including phenoxy) is 1. The van der Waals surface area contributed by atoms with Gasteiger partial charge in [-0.3, -0.25) is 4.57 Å². The third-order valence-electron chi connectivity index (χ3n) is 21.0. The maximum absolute atomic E-state index is 6.94. The topological polar surface area (TPSA) is 35.9 Å². The van der Waals surface area contributed by atoms with Crippen LogP contribution < -0.4 is 50.8 Å². The first-order chi connectivity index (χ1) is 48.6. The van der Waals surface area contributed by atoms with Gasteiger partial charge >= 0.3 is 0 Å². The van der Waals surface area contributed by atoms with Gasteiger partial charge in [-0.1, -0.05) is 324 Å². The second-order valence-corrected chi connectivity index (χ2v) is 35.2. The van der Waals surface area contributed by atoms with Crippen LogP contribution in [0.5, 0.6) is 11.5 Å². The number of pyridine rings is 1. The van der Waals surface area contributed by atoms with E-state index in [0.29, 0.717) is 11.5 Å². The van der Waals surface area contributed by atoms with E-state index in [-0.39, 0.29) is 31.9 Å². The smallest absolute Gasteiger partial charge is 0.268 e. The van der Waals surface area contributed by atoms with E-state index in [1.54, 1.807) is 0 Å². The van der Waals surface area contributed by atoms with Crippen LogP contribution in [-0.4, -0.2) is 30.3 Å². The van der Waals surface area contributed by atoms with Crippen LogP contribution in [-0.2, 0) is 31.9 Å². The SMILES string of the molecule is CC1(C)CCC(C)(C)c2cc(-n3c4[c-]c(Oc5[c-]c(-n6[c-][n+](-c7c(-c8cccc([Si](c9ccccc9)(c9ccccc9)c9ccccc9)c8)cccc7-c7cccc([Si](c8ccccc8)(c8ccccc8)c8ccccc8)c7)c7ccccc76)ccc5)ccc4c4ccccc43)ncc21.[Pt]. The molecular formula is C92H72N4OPtSi2-2. The molecule has 0 aliphatic heterocycles. The van der Waals surface area contributed by atoms with E-state index in [1.165, 1.54) is 52.6 Å². The minimum atomic E-state index is -2.97. The summed E-state index contributed by atoms with van der Waals surface area (Å²) in [7, 11) is -5.94. The molecule has 0 saturated carbocycles. The van der Waals surface area contributed by atoms with Crippen molar-refractivity contribution in [2.75, 3.05) is 0 Å². The monoisotopic (exact) mass is 1500 g/mol. The van der Waals surface area contributed by atoms with Gasteiger partial charge in [0.05, 0.1) is 16.7 Å². The number of hydrogen-bond acceptors (Lipinski definition) is 2. The van der Waals surface area contributed by atoms with Crippen LogP contribution >= 0.6 is 0 Å². The molecule has 0 bridgehead atoms. The summed E-state index contributed by atoms with van der Waals surface area (Å²) in [4.78, 5) is 5.23. The molecule has 3 heterocycles. The van der Waals surface area contributed by atoms with Crippen LogP contribution in [0.4, 0.5) is 0 Å². The second kappa shape index (κ2) is 26.1. The first-order valence-corrected chi connectivity index (χ1v) is 38.4. The first-order valence-electron chi connectivity index (χ1n) is 34.4. The molecule has 0 spiro atoms. The zero-order valence-electron chi connectivity index (χ0n) is 56.3. The first kappa shape index (κ1) is 63.9. The number of rotatable bonds is 15. The molecule has 0 amide bonds. The van der Waals surface area contributed by atoms with Crippen LogP contribution in [0.25, 0.3) is 72.3 Å². The molecule has 0 N–H and O–H groups in total. The fraction of sp³-hybridized carbons (Fsp3) is 0.0870. The van der Waals surface area contributed by atoms with E-state index in [0.717, 1.165) is 85.1 Å². The van der Waals surface area contributed by atoms with Gasteiger partial charge in [-0.15, -0.1) is 29.7 Å². The van der Waals surface area contributed by atoms with Crippen LogP contribution in [0.1, 0.15) is 51.7 Å². The van der Waals surface area contributed by atoms with E-state index in [4.69, 9.17) is 9.72 Å². The van der Waals surface area contributed by atoms with Gasteiger partial charge in [0.2, 0.25) is 0 Å². The minimum Gasteiger partial charge on any atom is -0.510 e. The van der Waals surface area contributed by atoms with Crippen LogP contribution in [0.2, 0.25) is 0 Å². The summed E-state index contributed by atoms with van der Waals surface area (Å²) in [5.74, 6) is 2.01. The van der Waals surface area contributed by atoms with Crippen LogP contribution in [0, 0.1) is 18.5 Å². The van der Waals surface area contributed by atoms with Crippen LogP contribution in [0.15, 0.2) is 340 Å². The average Bonchev–Trinajstić information content (AvgIpc) is 0.835. The van der Waals surface area contributed by atoms with E-state index in [2.05, 4.69) is 382 Å². The minimum absolute atomic E-state index is 0. The summed E-state index contributed by atoms with van der Waals surface area (Å²) >= 11 is 0. The zero-order valence-corrected chi connectivity index (χ0v) is 60.5. The van der Waals surface area contributed by atoms with Crippen molar-refractivity contribution in [1.82, 2.24) is 14.1 Å². The Bertz CT molecular complexity index is 5280. The molecule has 0 saturated heterocycles. The molecule has 1 aliphatic rings. The molecule has 16 aromatic rings. The Kier molecular flexibility index (Phi) is 16.7. The maximum atomic E-state index is 6.94. The van der Waals surface area contributed by atoms with E-state index < -0.39 is 16.1 Å². The van der Waals surface area contributed by atoms with Crippen molar-refractivity contribution in [3.05, 3.63) is 369 Å². The number of hydrogen-bond donors (Lipinski definition) is 0. The van der Waals surface area contributed by atoms with Crippen molar-refractivity contribution in [1.29, 1.82) is 0 Å². The summed E-state index contributed by atoms with van der Waals surface area (Å²) in [6.07, 6.45) is 8.38. The zero-order chi connectivity index (χ0) is 66.7. The van der Waals surface area contributed by atoms with Crippen LogP contribution in [0.3, 0.4) is 0 Å². The molecule has 0 fully saturated rings. The Morgan fingerprint density at radius 3 is 1.34 bits per heavy atom. The third-order valence-corrected chi connectivity index (χ3v) is 30.5. The predicted octanol–water partition coefficient (Wildman–Crippen LogP) is 16.0. The Balaban J connectivity index is 0.00000778. The Hall–Kier alpha value is -10.8. The van der Waals surface area contributed by atoms with Crippen molar-refractivity contribution in [3.63, 3.8) is 0 Å². The van der Waals surface area contributed by atoms with Crippen molar-refractivity contribution in [3.8, 4) is 50.9 Å². The summed E-state index contributed by atoms with van der Waals surface area (Å²) in [6.45, 7) is 9.44. The molecule has 5 nitrogen and oxygen atoms in total. The number of benzene rings is 13. The Labute approximate surface area is 602 Å². The molecule has 486 valence electrons. The molecule has 100 heavy (non-hydrogen) atoms. The number of fused-ring (bicyclic) bond motifs is 5. The van der Waals surface area contributed by atoms with E-state index >= 15 is 0 Å². The van der Waals surface area contributed by atoms with E-state index in [1.807, 2.05) is 18.2 Å². The quantitative estimate of drug-likeness (QED) is 0.0444. The predicted molar refractivity (Wildman–Crippen MR) is 413 cm³/mol. The fourth-order valence-corrected chi connectivity index (χ4v) is 25.7. The van der Waals surface area contributed by atoms with Gasteiger partial charge in [0.1, 0.15) is 5.82 Å². The molecule has 0 unspecified atom stereocenters. The Morgan fingerprint density at radius 2 is 0.820 bits per heavy atom. The fourth-order valence-electron chi connectivity index (χ4n) is 16.1. The normalized spacial score (nSPS) is 13.4. The van der Waals surface area contributed by atoms with Crippen molar-refractivity contribution in [2.45, 2.75) is 51.4 Å². The summed E-state index contributed by atoms with van der Waals surface area (Å²) < 4.78 is 13.6. The van der Waals surface area contributed by atoms with Gasteiger partial charge in [0, 0.05) is 44.3 Å². The number of para-hydroxylation sites is 4. The van der Waals surface area contributed by atoms with Gasteiger partial charge in [-0.05, 0) is 122 Å². The summed E-state index contributed by atoms with van der Waals surface area (Å²) in [5, 5.41) is 12.7. The van der Waals surface area contributed by atoms with Crippen molar-refractivity contribution >= 4 is 90.5 Å². The van der Waals surface area contributed by atoms with Gasteiger partial charge in [0.15, 0.2) is 16.1 Å². The summed E-state index contributed by atoms with van der Waals surface area (Å²) in [5.41, 5.74) is 12.8. The van der Waals surface area contributed by atoms with Gasteiger partial charge in [0.25, 0.3) is 6.33 Å². The van der Waals surface area contributed by atoms with Gasteiger partial charge in [-0.25, -0.2) is 4.98 Å². The Morgan fingerprint density at radius 1 is 0.390 bits per heavy atom. The van der Waals surface area contributed by atoms with E-state index in [9.17, 15) is 0 Å².